The second-order valence-corrected chi connectivity index (χ2v) is 5.49. The van der Waals surface area contributed by atoms with Crippen LogP contribution in [0.2, 0.25) is 0 Å². The smallest absolute Gasteiger partial charge is 0.127 e. The Bertz CT molecular complexity index is 617. The molecule has 2 aromatic carbocycles. The van der Waals surface area contributed by atoms with Gasteiger partial charge in [0.15, 0.2) is 0 Å². The van der Waals surface area contributed by atoms with Gasteiger partial charge in [0.05, 0.1) is 6.10 Å². The molecule has 0 bridgehead atoms. The number of fused-ring (bicyclic) bond motifs is 1. The third-order valence-corrected chi connectivity index (χ3v) is 3.97. The Morgan fingerprint density at radius 1 is 1.05 bits per heavy atom. The number of hydrogen-bond acceptors (Lipinski definition) is 2. The van der Waals surface area contributed by atoms with E-state index in [2.05, 4.69) is 6.07 Å². The predicted molar refractivity (Wildman–Crippen MR) is 82.7 cm³/mol. The number of rotatable bonds is 3. The first-order chi connectivity index (χ1) is 9.25. The van der Waals surface area contributed by atoms with Crippen LogP contribution < -0.4 is 10.5 Å². The van der Waals surface area contributed by atoms with E-state index in [0.717, 1.165) is 34.9 Å². The van der Waals surface area contributed by atoms with E-state index in [4.69, 9.17) is 22.7 Å². The molecule has 0 heterocycles. The number of hydrogen-bond donors (Lipinski definition) is 1. The van der Waals surface area contributed by atoms with Crippen molar-refractivity contribution < 1.29 is 4.74 Å². The van der Waals surface area contributed by atoms with E-state index in [1.165, 1.54) is 12.8 Å². The van der Waals surface area contributed by atoms with Gasteiger partial charge in [-0.15, -0.1) is 0 Å². The van der Waals surface area contributed by atoms with Crippen molar-refractivity contribution in [3.8, 4) is 5.75 Å². The number of benzene rings is 2. The summed E-state index contributed by atoms with van der Waals surface area (Å²) in [5.41, 5.74) is 6.70. The quantitative estimate of drug-likeness (QED) is 0.862. The fraction of sp³-hybridized carbons (Fsp3) is 0.312. The Morgan fingerprint density at radius 2 is 1.74 bits per heavy atom. The van der Waals surface area contributed by atoms with E-state index in [9.17, 15) is 0 Å². The fourth-order valence-corrected chi connectivity index (χ4v) is 2.95. The Kier molecular flexibility index (Phi) is 3.38. The minimum atomic E-state index is 0.360. The number of nitrogens with two attached hydrogens (primary N) is 1. The van der Waals surface area contributed by atoms with Crippen LogP contribution in [-0.2, 0) is 0 Å². The fourth-order valence-electron chi connectivity index (χ4n) is 2.77. The molecule has 1 aliphatic rings. The molecule has 3 heteroatoms. The van der Waals surface area contributed by atoms with Gasteiger partial charge in [0.2, 0.25) is 0 Å². The Labute approximate surface area is 118 Å². The third-order valence-electron chi connectivity index (χ3n) is 3.75. The molecule has 0 saturated heterocycles. The monoisotopic (exact) mass is 271 g/mol. The van der Waals surface area contributed by atoms with Gasteiger partial charge in [0.1, 0.15) is 10.7 Å². The van der Waals surface area contributed by atoms with Crippen LogP contribution in [0.4, 0.5) is 0 Å². The van der Waals surface area contributed by atoms with Crippen molar-refractivity contribution >= 4 is 28.0 Å². The third kappa shape index (κ3) is 2.43. The topological polar surface area (TPSA) is 35.2 Å². The first-order valence-electron chi connectivity index (χ1n) is 6.74. The number of ether oxygens (including phenoxy) is 1. The molecule has 98 valence electrons. The van der Waals surface area contributed by atoms with Gasteiger partial charge in [-0.2, -0.15) is 0 Å². The standard InChI is InChI=1S/C16H17NOS/c17-16(19)14-9-10-15(18-11-5-1-2-6-11)13-8-4-3-7-12(13)14/h3-4,7-11H,1-2,5-6H2,(H2,17,19). The molecule has 0 amide bonds. The summed E-state index contributed by atoms with van der Waals surface area (Å²) in [7, 11) is 0. The molecule has 0 radical (unpaired) electrons. The first kappa shape index (κ1) is 12.4. The maximum atomic E-state index is 6.14. The highest BCUT2D eigenvalue weighted by Crippen LogP contribution is 2.32. The molecular formula is C16H17NOS. The minimum absolute atomic E-state index is 0.360. The molecule has 19 heavy (non-hydrogen) atoms. The maximum Gasteiger partial charge on any atom is 0.127 e. The van der Waals surface area contributed by atoms with Crippen molar-refractivity contribution in [1.29, 1.82) is 0 Å². The summed E-state index contributed by atoms with van der Waals surface area (Å²) < 4.78 is 6.14. The van der Waals surface area contributed by atoms with Gasteiger partial charge in [-0.05, 0) is 43.2 Å². The summed E-state index contributed by atoms with van der Waals surface area (Å²) in [4.78, 5) is 0.434. The van der Waals surface area contributed by atoms with Crippen LogP contribution in [-0.4, -0.2) is 11.1 Å². The Morgan fingerprint density at radius 3 is 2.42 bits per heavy atom. The summed E-state index contributed by atoms with van der Waals surface area (Å²) in [6, 6.07) is 12.1. The summed E-state index contributed by atoms with van der Waals surface area (Å²) in [5, 5.41) is 2.17. The second-order valence-electron chi connectivity index (χ2n) is 5.05. The first-order valence-corrected chi connectivity index (χ1v) is 7.15. The van der Waals surface area contributed by atoms with Crippen molar-refractivity contribution in [3.63, 3.8) is 0 Å². The molecule has 3 rings (SSSR count). The molecule has 2 aromatic rings. The highest BCUT2D eigenvalue weighted by molar-refractivity contribution is 7.80. The summed E-state index contributed by atoms with van der Waals surface area (Å²) in [5.74, 6) is 0.947. The molecule has 1 fully saturated rings. The molecule has 0 aliphatic heterocycles. The Hall–Kier alpha value is -1.61. The summed E-state index contributed by atoms with van der Waals surface area (Å²) in [6.45, 7) is 0. The van der Waals surface area contributed by atoms with Crippen molar-refractivity contribution in [3.05, 3.63) is 42.0 Å². The summed E-state index contributed by atoms with van der Waals surface area (Å²) in [6.07, 6.45) is 5.22. The average Bonchev–Trinajstić information content (AvgIpc) is 2.91. The van der Waals surface area contributed by atoms with Crippen LogP contribution in [0.25, 0.3) is 10.8 Å². The number of thiocarbonyl (C=S) groups is 1. The molecule has 0 unspecified atom stereocenters. The van der Waals surface area contributed by atoms with E-state index in [0.29, 0.717) is 11.1 Å². The molecule has 2 nitrogen and oxygen atoms in total. The van der Waals surface area contributed by atoms with Crippen molar-refractivity contribution in [2.45, 2.75) is 31.8 Å². The van der Waals surface area contributed by atoms with Gasteiger partial charge >= 0.3 is 0 Å². The van der Waals surface area contributed by atoms with Crippen molar-refractivity contribution in [2.75, 3.05) is 0 Å². The molecular weight excluding hydrogens is 254 g/mol. The van der Waals surface area contributed by atoms with Crippen LogP contribution in [0.5, 0.6) is 5.75 Å². The minimum Gasteiger partial charge on any atom is -0.490 e. The van der Waals surface area contributed by atoms with Crippen molar-refractivity contribution in [2.24, 2.45) is 5.73 Å². The zero-order chi connectivity index (χ0) is 13.2. The zero-order valence-electron chi connectivity index (χ0n) is 10.8. The van der Waals surface area contributed by atoms with Crippen LogP contribution in [0, 0.1) is 0 Å². The molecule has 0 spiro atoms. The van der Waals surface area contributed by atoms with Crippen molar-refractivity contribution in [1.82, 2.24) is 0 Å². The van der Waals surface area contributed by atoms with Gasteiger partial charge in [-0.25, -0.2) is 0 Å². The van der Waals surface area contributed by atoms with Crippen LogP contribution in [0.1, 0.15) is 31.2 Å². The van der Waals surface area contributed by atoms with Gasteiger partial charge in [0, 0.05) is 10.9 Å². The van der Waals surface area contributed by atoms with Gasteiger partial charge in [0.25, 0.3) is 0 Å². The second kappa shape index (κ2) is 5.17. The molecule has 1 aliphatic carbocycles. The van der Waals surface area contributed by atoms with Crippen LogP contribution >= 0.6 is 12.2 Å². The van der Waals surface area contributed by atoms with Gasteiger partial charge < -0.3 is 10.5 Å². The SMILES string of the molecule is NC(=S)c1ccc(OC2CCCC2)c2ccccc12. The zero-order valence-corrected chi connectivity index (χ0v) is 11.6. The lowest BCUT2D eigenvalue weighted by molar-refractivity contribution is 0.213. The van der Waals surface area contributed by atoms with Gasteiger partial charge in [-0.3, -0.25) is 0 Å². The van der Waals surface area contributed by atoms with E-state index >= 15 is 0 Å². The lowest BCUT2D eigenvalue weighted by Crippen LogP contribution is -2.13. The molecule has 1 saturated carbocycles. The van der Waals surface area contributed by atoms with E-state index in [1.807, 2.05) is 30.3 Å². The van der Waals surface area contributed by atoms with Gasteiger partial charge in [-0.1, -0.05) is 36.5 Å². The molecule has 0 aromatic heterocycles. The predicted octanol–water partition coefficient (Wildman–Crippen LogP) is 3.80. The van der Waals surface area contributed by atoms with E-state index in [1.54, 1.807) is 0 Å². The van der Waals surface area contributed by atoms with E-state index in [-0.39, 0.29) is 0 Å². The molecule has 2 N–H and O–H groups in total. The molecule has 0 atom stereocenters. The summed E-state index contributed by atoms with van der Waals surface area (Å²) >= 11 is 5.11. The lowest BCUT2D eigenvalue weighted by Gasteiger charge is -2.16. The normalized spacial score (nSPS) is 15.8. The lowest BCUT2D eigenvalue weighted by atomic mass is 10.0. The highest BCUT2D eigenvalue weighted by atomic mass is 32.1. The van der Waals surface area contributed by atoms with Crippen LogP contribution in [0.15, 0.2) is 36.4 Å². The largest absolute Gasteiger partial charge is 0.490 e. The average molecular weight is 271 g/mol. The van der Waals surface area contributed by atoms with E-state index < -0.39 is 0 Å². The van der Waals surface area contributed by atoms with Crippen LogP contribution in [0.3, 0.4) is 0 Å². The Balaban J connectivity index is 2.05. The maximum absolute atomic E-state index is 6.14. The highest BCUT2D eigenvalue weighted by Gasteiger charge is 2.18.